The predicted molar refractivity (Wildman–Crippen MR) is 70.4 cm³/mol. The molecule has 0 aliphatic carbocycles. The second kappa shape index (κ2) is 5.18. The highest BCUT2D eigenvalue weighted by Gasteiger charge is 2.35. The van der Waals surface area contributed by atoms with Crippen LogP contribution in [0, 0.1) is 0 Å². The third kappa shape index (κ3) is 2.81. The Morgan fingerprint density at radius 2 is 1.62 bits per heavy atom. The van der Waals surface area contributed by atoms with Gasteiger partial charge in [-0.1, -0.05) is 17.7 Å². The highest BCUT2D eigenvalue weighted by atomic mass is 35.5. The Morgan fingerprint density at radius 3 is 2.10 bits per heavy atom. The van der Waals surface area contributed by atoms with Crippen LogP contribution < -0.4 is 0 Å². The van der Waals surface area contributed by atoms with E-state index in [4.69, 9.17) is 11.6 Å². The van der Waals surface area contributed by atoms with Gasteiger partial charge in [-0.15, -0.1) is 0 Å². The largest absolute Gasteiger partial charge is 0.417 e. The number of rotatable bonds is 2. The number of imide groups is 1. The monoisotopic (exact) mass is 317 g/mol. The Labute approximate surface area is 124 Å². The van der Waals surface area contributed by atoms with Gasteiger partial charge in [0, 0.05) is 11.1 Å². The van der Waals surface area contributed by atoms with Gasteiger partial charge in [-0.2, -0.15) is 13.2 Å². The molecule has 3 nitrogen and oxygen atoms in total. The number of carbonyl (C=O) groups is 2. The number of hydrogen-bond acceptors (Lipinski definition) is 2. The molecule has 0 bridgehead atoms. The van der Waals surface area contributed by atoms with Crippen molar-refractivity contribution < 1.29 is 22.8 Å². The predicted octanol–water partition coefficient (Wildman–Crippen LogP) is 3.56. The molecule has 1 aliphatic heterocycles. The molecule has 1 heterocycles. The fourth-order valence-corrected chi connectivity index (χ4v) is 2.26. The first-order valence-electron chi connectivity index (χ1n) is 6.02. The van der Waals surface area contributed by atoms with Gasteiger partial charge >= 0.3 is 6.18 Å². The number of benzene rings is 1. The van der Waals surface area contributed by atoms with Crippen LogP contribution in [0.1, 0.15) is 25.0 Å². The van der Waals surface area contributed by atoms with E-state index in [1.165, 1.54) is 19.9 Å². The van der Waals surface area contributed by atoms with Crippen LogP contribution in [0.3, 0.4) is 0 Å². The Balaban J connectivity index is 2.31. The average Bonchev–Trinajstić information content (AvgIpc) is 2.57. The van der Waals surface area contributed by atoms with Crippen molar-refractivity contribution in [3.05, 3.63) is 45.5 Å². The van der Waals surface area contributed by atoms with E-state index in [1.54, 1.807) is 0 Å². The van der Waals surface area contributed by atoms with Crippen molar-refractivity contribution in [2.24, 2.45) is 0 Å². The quantitative estimate of drug-likeness (QED) is 0.782. The molecule has 2 amide bonds. The zero-order valence-electron chi connectivity index (χ0n) is 11.2. The summed E-state index contributed by atoms with van der Waals surface area (Å²) in [5.41, 5.74) is -0.173. The lowest BCUT2D eigenvalue weighted by atomic mass is 10.1. The molecular weight excluding hydrogens is 307 g/mol. The molecule has 1 aromatic rings. The fourth-order valence-electron chi connectivity index (χ4n) is 2.03. The van der Waals surface area contributed by atoms with E-state index in [1.807, 2.05) is 0 Å². The summed E-state index contributed by atoms with van der Waals surface area (Å²) >= 11 is 5.53. The van der Waals surface area contributed by atoms with E-state index < -0.39 is 28.6 Å². The molecule has 0 aromatic heterocycles. The summed E-state index contributed by atoms with van der Waals surface area (Å²) in [6.07, 6.45) is -4.59. The van der Waals surface area contributed by atoms with Crippen molar-refractivity contribution in [1.82, 2.24) is 4.90 Å². The maximum absolute atomic E-state index is 12.8. The molecular formula is C14H11ClF3NO2. The van der Waals surface area contributed by atoms with Crippen molar-refractivity contribution in [2.75, 3.05) is 0 Å². The second-order valence-corrected chi connectivity index (χ2v) is 5.17. The molecule has 0 N–H and O–H groups in total. The molecule has 7 heteroatoms. The molecule has 0 saturated carbocycles. The SMILES string of the molecule is CC1=C(C)C(=O)N(Cc2ccc(Cl)c(C(F)(F)F)c2)C1=O. The van der Waals surface area contributed by atoms with Crippen LogP contribution in [0.25, 0.3) is 0 Å². The minimum atomic E-state index is -4.59. The maximum atomic E-state index is 12.8. The van der Waals surface area contributed by atoms with E-state index in [2.05, 4.69) is 0 Å². The molecule has 0 spiro atoms. The van der Waals surface area contributed by atoms with Gasteiger partial charge in [0.2, 0.25) is 0 Å². The Kier molecular flexibility index (Phi) is 3.84. The van der Waals surface area contributed by atoms with E-state index in [0.717, 1.165) is 17.0 Å². The molecule has 1 aromatic carbocycles. The van der Waals surface area contributed by atoms with E-state index in [0.29, 0.717) is 11.1 Å². The molecule has 0 saturated heterocycles. The van der Waals surface area contributed by atoms with Gasteiger partial charge in [0.05, 0.1) is 17.1 Å². The third-order valence-electron chi connectivity index (χ3n) is 3.37. The molecule has 0 atom stereocenters. The van der Waals surface area contributed by atoms with Crippen molar-refractivity contribution in [2.45, 2.75) is 26.6 Å². The van der Waals surface area contributed by atoms with Gasteiger partial charge in [0.25, 0.3) is 11.8 Å². The van der Waals surface area contributed by atoms with E-state index in [9.17, 15) is 22.8 Å². The van der Waals surface area contributed by atoms with Crippen LogP contribution in [-0.4, -0.2) is 16.7 Å². The zero-order chi connectivity index (χ0) is 15.9. The lowest BCUT2D eigenvalue weighted by Crippen LogP contribution is -2.31. The summed E-state index contributed by atoms with van der Waals surface area (Å²) in [7, 11) is 0. The first kappa shape index (κ1) is 15.6. The Hall–Kier alpha value is -1.82. The molecule has 2 rings (SSSR count). The van der Waals surface area contributed by atoms with Crippen molar-refractivity contribution in [3.63, 3.8) is 0 Å². The summed E-state index contributed by atoms with van der Waals surface area (Å²) in [6.45, 7) is 2.81. The number of hydrogen-bond donors (Lipinski definition) is 0. The lowest BCUT2D eigenvalue weighted by molar-refractivity contribution is -0.138. The zero-order valence-corrected chi connectivity index (χ0v) is 12.0. The van der Waals surface area contributed by atoms with Crippen molar-refractivity contribution >= 4 is 23.4 Å². The van der Waals surface area contributed by atoms with Gasteiger partial charge < -0.3 is 0 Å². The topological polar surface area (TPSA) is 37.4 Å². The van der Waals surface area contributed by atoms with Crippen molar-refractivity contribution in [3.8, 4) is 0 Å². The summed E-state index contributed by atoms with van der Waals surface area (Å²) in [5, 5.41) is -0.421. The van der Waals surface area contributed by atoms with E-state index >= 15 is 0 Å². The van der Waals surface area contributed by atoms with Crippen LogP contribution in [-0.2, 0) is 22.3 Å². The van der Waals surface area contributed by atoms with Crippen LogP contribution in [0.15, 0.2) is 29.3 Å². The Bertz CT molecular complexity index is 641. The standard InChI is InChI=1S/C14H11ClF3NO2/c1-7-8(2)13(21)19(12(7)20)6-9-3-4-11(15)10(5-9)14(16,17)18/h3-5H,6H2,1-2H3. The number of halogens is 4. The molecule has 0 radical (unpaired) electrons. The third-order valence-corrected chi connectivity index (χ3v) is 3.70. The summed E-state index contributed by atoms with van der Waals surface area (Å²) in [4.78, 5) is 24.7. The molecule has 1 aliphatic rings. The van der Waals surface area contributed by atoms with Gasteiger partial charge in [-0.3, -0.25) is 14.5 Å². The number of alkyl halides is 3. The van der Waals surface area contributed by atoms with Crippen molar-refractivity contribution in [1.29, 1.82) is 0 Å². The molecule has 112 valence electrons. The van der Waals surface area contributed by atoms with Crippen LogP contribution in [0.2, 0.25) is 5.02 Å². The highest BCUT2D eigenvalue weighted by Crippen LogP contribution is 2.35. The van der Waals surface area contributed by atoms with Crippen LogP contribution in [0.5, 0.6) is 0 Å². The van der Waals surface area contributed by atoms with Gasteiger partial charge in [-0.05, 0) is 31.5 Å². The van der Waals surface area contributed by atoms with Crippen LogP contribution in [0.4, 0.5) is 13.2 Å². The van der Waals surface area contributed by atoms with Gasteiger partial charge in [0.1, 0.15) is 0 Å². The average molecular weight is 318 g/mol. The number of amides is 2. The van der Waals surface area contributed by atoms with E-state index in [-0.39, 0.29) is 12.1 Å². The first-order valence-corrected chi connectivity index (χ1v) is 6.40. The molecule has 0 fully saturated rings. The summed E-state index contributed by atoms with van der Waals surface area (Å²) in [5.74, 6) is -0.970. The normalized spacial score (nSPS) is 16.2. The lowest BCUT2D eigenvalue weighted by Gasteiger charge is -2.16. The summed E-state index contributed by atoms with van der Waals surface area (Å²) in [6, 6.07) is 3.32. The summed E-state index contributed by atoms with van der Waals surface area (Å²) < 4.78 is 38.3. The number of carbonyl (C=O) groups excluding carboxylic acids is 2. The minimum Gasteiger partial charge on any atom is -0.270 e. The molecule has 21 heavy (non-hydrogen) atoms. The Morgan fingerprint density at radius 1 is 1.10 bits per heavy atom. The van der Waals surface area contributed by atoms with Gasteiger partial charge in [0.15, 0.2) is 0 Å². The van der Waals surface area contributed by atoms with Gasteiger partial charge in [-0.25, -0.2) is 0 Å². The first-order chi connectivity index (χ1) is 9.62. The minimum absolute atomic E-state index is 0.191. The molecule has 0 unspecified atom stereocenters. The fraction of sp³-hybridized carbons (Fsp3) is 0.286. The second-order valence-electron chi connectivity index (χ2n) is 4.76. The van der Waals surface area contributed by atoms with Crippen LogP contribution >= 0.6 is 11.6 Å². The smallest absolute Gasteiger partial charge is 0.270 e. The maximum Gasteiger partial charge on any atom is 0.417 e. The highest BCUT2D eigenvalue weighted by molar-refractivity contribution is 6.31. The number of nitrogens with zero attached hydrogens (tertiary/aromatic N) is 1.